The fraction of sp³-hybridized carbons (Fsp3) is 0. The molecule has 0 aliphatic heterocycles. The van der Waals surface area contributed by atoms with E-state index in [4.69, 9.17) is 5.11 Å². The van der Waals surface area contributed by atoms with Crippen LogP contribution in [0, 0.1) is 5.82 Å². The second kappa shape index (κ2) is 5.79. The third kappa shape index (κ3) is 3.00. The molecule has 2 aromatic rings. The van der Waals surface area contributed by atoms with Crippen molar-refractivity contribution in [3.05, 3.63) is 57.9 Å². The average molecular weight is 339 g/mol. The van der Waals surface area contributed by atoms with Crippen LogP contribution < -0.4 is 5.32 Å². The molecule has 0 spiro atoms. The summed E-state index contributed by atoms with van der Waals surface area (Å²) < 4.78 is 13.9. The Morgan fingerprint density at radius 1 is 1.30 bits per heavy atom. The summed E-state index contributed by atoms with van der Waals surface area (Å²) in [6.07, 6.45) is 1.25. The van der Waals surface area contributed by atoms with Crippen LogP contribution in [0.5, 0.6) is 0 Å². The van der Waals surface area contributed by atoms with E-state index in [1.54, 1.807) is 0 Å². The summed E-state index contributed by atoms with van der Waals surface area (Å²) in [5, 5.41) is 11.2. The summed E-state index contributed by atoms with van der Waals surface area (Å²) in [6.45, 7) is 0. The molecule has 20 heavy (non-hydrogen) atoms. The number of hydrogen-bond donors (Lipinski definition) is 2. The van der Waals surface area contributed by atoms with Crippen LogP contribution in [0.15, 0.2) is 41.0 Å². The third-order valence-electron chi connectivity index (χ3n) is 2.44. The lowest BCUT2D eigenvalue weighted by molar-refractivity contribution is 0.0696. The number of aromatic carboxylic acids is 1. The van der Waals surface area contributed by atoms with Crippen molar-refractivity contribution in [1.29, 1.82) is 0 Å². The summed E-state index contributed by atoms with van der Waals surface area (Å²) >= 11 is 3.08. The predicted octanol–water partition coefficient (Wildman–Crippen LogP) is 2.93. The van der Waals surface area contributed by atoms with Gasteiger partial charge in [0.2, 0.25) is 0 Å². The minimum Gasteiger partial charge on any atom is -0.478 e. The minimum absolute atomic E-state index is 0.0251. The number of carboxylic acid groups (broad SMARTS) is 1. The number of hydrogen-bond acceptors (Lipinski definition) is 3. The van der Waals surface area contributed by atoms with Gasteiger partial charge in [-0.3, -0.25) is 4.79 Å². The Labute approximate surface area is 121 Å². The van der Waals surface area contributed by atoms with Crippen LogP contribution in [0.2, 0.25) is 0 Å². The highest BCUT2D eigenvalue weighted by molar-refractivity contribution is 9.10. The second-order valence-electron chi connectivity index (χ2n) is 3.79. The summed E-state index contributed by atoms with van der Waals surface area (Å²) in [6, 6.07) is 6.62. The van der Waals surface area contributed by atoms with Crippen LogP contribution >= 0.6 is 15.9 Å². The molecule has 0 aliphatic rings. The number of carbonyl (C=O) groups is 2. The van der Waals surface area contributed by atoms with Gasteiger partial charge >= 0.3 is 5.97 Å². The van der Waals surface area contributed by atoms with Crippen molar-refractivity contribution in [3.8, 4) is 0 Å². The molecule has 102 valence electrons. The standard InChI is InChI=1S/C13H8BrFN2O3/c14-8-2-1-3-9(15)11(8)12(18)17-10-6-7(13(19)20)4-5-16-10/h1-6H,(H,19,20)(H,16,17,18). The Kier molecular flexibility index (Phi) is 4.09. The van der Waals surface area contributed by atoms with E-state index in [-0.39, 0.29) is 16.9 Å². The van der Waals surface area contributed by atoms with E-state index in [9.17, 15) is 14.0 Å². The fourth-order valence-corrected chi connectivity index (χ4v) is 2.05. The fourth-order valence-electron chi connectivity index (χ4n) is 1.53. The molecule has 1 aromatic carbocycles. The normalized spacial score (nSPS) is 10.1. The van der Waals surface area contributed by atoms with Crippen LogP contribution in [0.1, 0.15) is 20.7 Å². The number of nitrogens with zero attached hydrogens (tertiary/aromatic N) is 1. The van der Waals surface area contributed by atoms with E-state index in [0.717, 1.165) is 6.07 Å². The lowest BCUT2D eigenvalue weighted by Crippen LogP contribution is -2.15. The van der Waals surface area contributed by atoms with Crippen molar-refractivity contribution < 1.29 is 19.1 Å². The number of pyridine rings is 1. The van der Waals surface area contributed by atoms with Gasteiger partial charge in [0.15, 0.2) is 0 Å². The van der Waals surface area contributed by atoms with E-state index in [2.05, 4.69) is 26.2 Å². The van der Waals surface area contributed by atoms with Crippen molar-refractivity contribution in [2.75, 3.05) is 5.32 Å². The topological polar surface area (TPSA) is 79.3 Å². The van der Waals surface area contributed by atoms with Crippen LogP contribution in [-0.2, 0) is 0 Å². The molecule has 1 amide bonds. The maximum Gasteiger partial charge on any atom is 0.335 e. The molecule has 0 saturated heterocycles. The molecule has 0 radical (unpaired) electrons. The van der Waals surface area contributed by atoms with Crippen LogP contribution in [0.3, 0.4) is 0 Å². The molecule has 0 bridgehead atoms. The van der Waals surface area contributed by atoms with Gasteiger partial charge in [0, 0.05) is 10.7 Å². The van der Waals surface area contributed by atoms with E-state index in [0.29, 0.717) is 4.47 Å². The molecular formula is C13H8BrFN2O3. The lowest BCUT2D eigenvalue weighted by atomic mass is 10.2. The van der Waals surface area contributed by atoms with Crippen LogP contribution in [-0.4, -0.2) is 22.0 Å². The SMILES string of the molecule is O=C(O)c1ccnc(NC(=O)c2c(F)cccc2Br)c1. The van der Waals surface area contributed by atoms with Crippen molar-refractivity contribution in [1.82, 2.24) is 4.98 Å². The number of benzene rings is 1. The van der Waals surface area contributed by atoms with Gasteiger partial charge in [0.25, 0.3) is 5.91 Å². The van der Waals surface area contributed by atoms with E-state index in [1.165, 1.54) is 30.5 Å². The van der Waals surface area contributed by atoms with Gasteiger partial charge in [-0.25, -0.2) is 14.2 Å². The Hall–Kier alpha value is -2.28. The molecule has 0 aliphatic carbocycles. The van der Waals surface area contributed by atoms with Gasteiger partial charge in [-0.05, 0) is 40.2 Å². The Morgan fingerprint density at radius 3 is 2.70 bits per heavy atom. The number of aromatic nitrogens is 1. The summed E-state index contributed by atoms with van der Waals surface area (Å²) in [7, 11) is 0. The molecule has 2 rings (SSSR count). The monoisotopic (exact) mass is 338 g/mol. The average Bonchev–Trinajstić information content (AvgIpc) is 2.38. The molecule has 0 atom stereocenters. The summed E-state index contributed by atoms with van der Waals surface area (Å²) in [5.74, 6) is -2.52. The van der Waals surface area contributed by atoms with Gasteiger partial charge in [-0.2, -0.15) is 0 Å². The third-order valence-corrected chi connectivity index (χ3v) is 3.10. The van der Waals surface area contributed by atoms with Gasteiger partial charge in [0.1, 0.15) is 11.6 Å². The Bertz CT molecular complexity index is 671. The molecule has 0 fully saturated rings. The van der Waals surface area contributed by atoms with Crippen molar-refractivity contribution in [2.24, 2.45) is 0 Å². The zero-order valence-corrected chi connectivity index (χ0v) is 11.5. The number of rotatable bonds is 3. The highest BCUT2D eigenvalue weighted by Crippen LogP contribution is 2.20. The number of anilines is 1. The maximum absolute atomic E-state index is 13.6. The summed E-state index contributed by atoms with van der Waals surface area (Å²) in [4.78, 5) is 26.6. The molecule has 5 nitrogen and oxygen atoms in total. The number of halogens is 2. The second-order valence-corrected chi connectivity index (χ2v) is 4.64. The zero-order chi connectivity index (χ0) is 14.7. The highest BCUT2D eigenvalue weighted by atomic mass is 79.9. The predicted molar refractivity (Wildman–Crippen MR) is 73.2 cm³/mol. The molecule has 7 heteroatoms. The highest BCUT2D eigenvalue weighted by Gasteiger charge is 2.16. The quantitative estimate of drug-likeness (QED) is 0.901. The van der Waals surface area contributed by atoms with Gasteiger partial charge in [-0.1, -0.05) is 6.07 Å². The van der Waals surface area contributed by atoms with E-state index in [1.807, 2.05) is 0 Å². The van der Waals surface area contributed by atoms with Gasteiger partial charge < -0.3 is 10.4 Å². The molecule has 0 saturated carbocycles. The molecular weight excluding hydrogens is 331 g/mol. The first-order valence-electron chi connectivity index (χ1n) is 5.44. The number of carboxylic acids is 1. The molecule has 0 unspecified atom stereocenters. The van der Waals surface area contributed by atoms with Crippen molar-refractivity contribution in [2.45, 2.75) is 0 Å². The summed E-state index contributed by atoms with van der Waals surface area (Å²) in [5.41, 5.74) is -0.196. The smallest absolute Gasteiger partial charge is 0.335 e. The number of nitrogens with one attached hydrogen (secondary N) is 1. The van der Waals surface area contributed by atoms with Gasteiger partial charge in [-0.15, -0.1) is 0 Å². The first kappa shape index (κ1) is 14.1. The van der Waals surface area contributed by atoms with Crippen LogP contribution in [0.25, 0.3) is 0 Å². The lowest BCUT2D eigenvalue weighted by Gasteiger charge is -2.07. The molecule has 1 aromatic heterocycles. The minimum atomic E-state index is -1.14. The van der Waals surface area contributed by atoms with Crippen LogP contribution in [0.4, 0.5) is 10.2 Å². The van der Waals surface area contributed by atoms with Gasteiger partial charge in [0.05, 0.1) is 11.1 Å². The van der Waals surface area contributed by atoms with Crippen molar-refractivity contribution in [3.63, 3.8) is 0 Å². The first-order chi connectivity index (χ1) is 9.49. The van der Waals surface area contributed by atoms with E-state index >= 15 is 0 Å². The van der Waals surface area contributed by atoms with E-state index < -0.39 is 17.7 Å². The molecule has 2 N–H and O–H groups in total. The first-order valence-corrected chi connectivity index (χ1v) is 6.23. The molecule has 1 heterocycles. The number of amides is 1. The zero-order valence-electron chi connectivity index (χ0n) is 9.93. The Balaban J connectivity index is 2.28. The number of carbonyl (C=O) groups excluding carboxylic acids is 1. The largest absolute Gasteiger partial charge is 0.478 e. The maximum atomic E-state index is 13.6. The Morgan fingerprint density at radius 2 is 2.05 bits per heavy atom. The van der Waals surface area contributed by atoms with Crippen molar-refractivity contribution >= 4 is 33.6 Å².